The van der Waals surface area contributed by atoms with Crippen molar-refractivity contribution in [2.75, 3.05) is 0 Å². The zero-order chi connectivity index (χ0) is 12.7. The summed E-state index contributed by atoms with van der Waals surface area (Å²) in [5.74, 6) is -0.129. The average molecular weight is 242 g/mol. The second-order valence-corrected chi connectivity index (χ2v) is 4.53. The van der Waals surface area contributed by atoms with Gasteiger partial charge in [0.2, 0.25) is 0 Å². The third-order valence-electron chi connectivity index (χ3n) is 3.69. The monoisotopic (exact) mass is 242 g/mol. The van der Waals surface area contributed by atoms with Crippen molar-refractivity contribution in [1.82, 2.24) is 0 Å². The molecule has 0 amide bonds. The molecule has 0 aromatic heterocycles. The summed E-state index contributed by atoms with van der Waals surface area (Å²) < 4.78 is 37.8. The van der Waals surface area contributed by atoms with Crippen LogP contribution in [0.1, 0.15) is 30.9 Å². The lowest BCUT2D eigenvalue weighted by molar-refractivity contribution is -0.137. The molecule has 0 heterocycles. The standard InChI is InChI=1S/C13H13F3O/c1-2-12(7-11(12)8-17)9-4-3-5-10(6-9)13(14,15)16/h3-6,8,11H,2,7H2,1H3. The molecule has 2 unspecified atom stereocenters. The molecule has 4 heteroatoms. The Morgan fingerprint density at radius 2 is 2.18 bits per heavy atom. The Bertz CT molecular complexity index is 439. The molecule has 2 rings (SSSR count). The van der Waals surface area contributed by atoms with Gasteiger partial charge in [0.25, 0.3) is 0 Å². The fourth-order valence-corrected chi connectivity index (χ4v) is 2.46. The van der Waals surface area contributed by atoms with E-state index in [1.165, 1.54) is 12.1 Å². The highest BCUT2D eigenvalue weighted by molar-refractivity contribution is 5.64. The van der Waals surface area contributed by atoms with Crippen LogP contribution in [0.25, 0.3) is 0 Å². The van der Waals surface area contributed by atoms with E-state index >= 15 is 0 Å². The highest BCUT2D eigenvalue weighted by Crippen LogP contribution is 2.56. The molecule has 0 aliphatic heterocycles. The van der Waals surface area contributed by atoms with Gasteiger partial charge in [-0.3, -0.25) is 0 Å². The number of hydrogen-bond acceptors (Lipinski definition) is 1. The van der Waals surface area contributed by atoms with Crippen LogP contribution in [0.5, 0.6) is 0 Å². The summed E-state index contributed by atoms with van der Waals surface area (Å²) in [6.07, 6.45) is -2.12. The van der Waals surface area contributed by atoms with Crippen molar-refractivity contribution >= 4 is 6.29 Å². The lowest BCUT2D eigenvalue weighted by Gasteiger charge is -2.16. The number of carbonyl (C=O) groups excluding carboxylic acids is 1. The number of halogens is 3. The van der Waals surface area contributed by atoms with Crippen LogP contribution in [0.15, 0.2) is 24.3 Å². The fraction of sp³-hybridized carbons (Fsp3) is 0.462. The van der Waals surface area contributed by atoms with Crippen molar-refractivity contribution in [1.29, 1.82) is 0 Å². The van der Waals surface area contributed by atoms with E-state index in [0.717, 1.165) is 12.4 Å². The number of benzene rings is 1. The first-order valence-corrected chi connectivity index (χ1v) is 5.57. The molecule has 92 valence electrons. The molecule has 0 spiro atoms. The van der Waals surface area contributed by atoms with Gasteiger partial charge < -0.3 is 4.79 Å². The van der Waals surface area contributed by atoms with E-state index in [9.17, 15) is 18.0 Å². The molecule has 17 heavy (non-hydrogen) atoms. The van der Waals surface area contributed by atoms with Crippen LogP contribution in [0.3, 0.4) is 0 Å². The molecular formula is C13H13F3O. The molecule has 0 N–H and O–H groups in total. The second-order valence-electron chi connectivity index (χ2n) is 4.53. The molecular weight excluding hydrogens is 229 g/mol. The first-order chi connectivity index (χ1) is 7.94. The largest absolute Gasteiger partial charge is 0.416 e. The summed E-state index contributed by atoms with van der Waals surface area (Å²) in [6, 6.07) is 5.33. The zero-order valence-electron chi connectivity index (χ0n) is 9.42. The van der Waals surface area contributed by atoms with Gasteiger partial charge >= 0.3 is 6.18 Å². The van der Waals surface area contributed by atoms with Crippen molar-refractivity contribution < 1.29 is 18.0 Å². The van der Waals surface area contributed by atoms with E-state index in [-0.39, 0.29) is 11.3 Å². The lowest BCUT2D eigenvalue weighted by atomic mass is 9.89. The van der Waals surface area contributed by atoms with E-state index < -0.39 is 11.7 Å². The maximum Gasteiger partial charge on any atom is 0.416 e. The van der Waals surface area contributed by atoms with Gasteiger partial charge in [0, 0.05) is 11.3 Å². The van der Waals surface area contributed by atoms with Crippen molar-refractivity contribution in [3.8, 4) is 0 Å². The third-order valence-corrected chi connectivity index (χ3v) is 3.69. The molecule has 1 aliphatic carbocycles. The summed E-state index contributed by atoms with van der Waals surface area (Å²) in [4.78, 5) is 10.8. The predicted octanol–water partition coefficient (Wildman–Crippen LogP) is 3.57. The summed E-state index contributed by atoms with van der Waals surface area (Å²) >= 11 is 0. The Hall–Kier alpha value is -1.32. The Morgan fingerprint density at radius 1 is 1.47 bits per heavy atom. The van der Waals surface area contributed by atoms with Gasteiger partial charge in [0.15, 0.2) is 0 Å². The van der Waals surface area contributed by atoms with Crippen LogP contribution in [0.4, 0.5) is 13.2 Å². The molecule has 1 fully saturated rings. The van der Waals surface area contributed by atoms with Gasteiger partial charge in [-0.2, -0.15) is 13.2 Å². The smallest absolute Gasteiger partial charge is 0.303 e. The van der Waals surface area contributed by atoms with Crippen LogP contribution in [0, 0.1) is 5.92 Å². The molecule has 0 bridgehead atoms. The van der Waals surface area contributed by atoms with Crippen LogP contribution < -0.4 is 0 Å². The second kappa shape index (κ2) is 3.86. The van der Waals surface area contributed by atoms with Gasteiger partial charge in [-0.05, 0) is 24.5 Å². The SMILES string of the molecule is CCC1(c2cccc(C(F)(F)F)c2)CC1C=O. The quantitative estimate of drug-likeness (QED) is 0.740. The van der Waals surface area contributed by atoms with Crippen molar-refractivity contribution in [2.24, 2.45) is 5.92 Å². The van der Waals surface area contributed by atoms with Crippen LogP contribution >= 0.6 is 0 Å². The van der Waals surface area contributed by atoms with E-state index in [4.69, 9.17) is 0 Å². The highest BCUT2D eigenvalue weighted by atomic mass is 19.4. The minimum atomic E-state index is -4.32. The van der Waals surface area contributed by atoms with E-state index in [1.807, 2.05) is 6.92 Å². The minimum Gasteiger partial charge on any atom is -0.303 e. The maximum absolute atomic E-state index is 12.6. The van der Waals surface area contributed by atoms with Gasteiger partial charge in [0.05, 0.1) is 5.56 Å². The Morgan fingerprint density at radius 3 is 2.65 bits per heavy atom. The van der Waals surface area contributed by atoms with Crippen LogP contribution in [0.2, 0.25) is 0 Å². The first-order valence-electron chi connectivity index (χ1n) is 5.57. The van der Waals surface area contributed by atoms with E-state index in [0.29, 0.717) is 18.4 Å². The Balaban J connectivity index is 2.38. The van der Waals surface area contributed by atoms with Gasteiger partial charge in [0.1, 0.15) is 6.29 Å². The van der Waals surface area contributed by atoms with Crippen molar-refractivity contribution in [3.63, 3.8) is 0 Å². The number of alkyl halides is 3. The third kappa shape index (κ3) is 1.96. The molecule has 1 aliphatic rings. The minimum absolute atomic E-state index is 0.129. The van der Waals surface area contributed by atoms with Gasteiger partial charge in [-0.25, -0.2) is 0 Å². The molecule has 0 radical (unpaired) electrons. The van der Waals surface area contributed by atoms with Gasteiger partial charge in [-0.1, -0.05) is 25.1 Å². The lowest BCUT2D eigenvalue weighted by Crippen LogP contribution is -2.12. The summed E-state index contributed by atoms with van der Waals surface area (Å²) in [6.45, 7) is 1.91. The number of hydrogen-bond donors (Lipinski definition) is 0. The molecule has 1 saturated carbocycles. The van der Waals surface area contributed by atoms with Crippen LogP contribution in [-0.2, 0) is 16.4 Å². The summed E-state index contributed by atoms with van der Waals surface area (Å²) in [5, 5.41) is 0. The van der Waals surface area contributed by atoms with E-state index in [1.54, 1.807) is 6.07 Å². The number of carbonyl (C=O) groups is 1. The zero-order valence-corrected chi connectivity index (χ0v) is 9.42. The average Bonchev–Trinajstić information content (AvgIpc) is 3.03. The Labute approximate surface area is 97.6 Å². The molecule has 1 nitrogen and oxygen atoms in total. The van der Waals surface area contributed by atoms with Crippen molar-refractivity contribution in [3.05, 3.63) is 35.4 Å². The molecule has 2 atom stereocenters. The fourth-order valence-electron chi connectivity index (χ4n) is 2.46. The molecule has 1 aromatic carbocycles. The number of aldehydes is 1. The normalized spacial score (nSPS) is 27.9. The maximum atomic E-state index is 12.6. The van der Waals surface area contributed by atoms with Crippen LogP contribution in [-0.4, -0.2) is 6.29 Å². The van der Waals surface area contributed by atoms with E-state index in [2.05, 4.69) is 0 Å². The molecule has 1 aromatic rings. The van der Waals surface area contributed by atoms with Crippen molar-refractivity contribution in [2.45, 2.75) is 31.4 Å². The topological polar surface area (TPSA) is 17.1 Å². The Kier molecular flexibility index (Phi) is 2.76. The summed E-state index contributed by atoms with van der Waals surface area (Å²) in [5.41, 5.74) is -0.366. The van der Waals surface area contributed by atoms with Gasteiger partial charge in [-0.15, -0.1) is 0 Å². The highest BCUT2D eigenvalue weighted by Gasteiger charge is 2.54. The predicted molar refractivity (Wildman–Crippen MR) is 57.6 cm³/mol. The number of rotatable bonds is 3. The summed E-state index contributed by atoms with van der Waals surface area (Å²) in [7, 11) is 0. The molecule has 0 saturated heterocycles. The first kappa shape index (κ1) is 12.1.